The molecule has 0 aliphatic heterocycles. The van der Waals surface area contributed by atoms with Gasteiger partial charge in [0, 0.05) is 0 Å². The smallest absolute Gasteiger partial charge is 0.336 e. The van der Waals surface area contributed by atoms with Gasteiger partial charge in [-0.1, -0.05) is 61.2 Å². The molecule has 0 heterocycles. The average molecular weight is 274 g/mol. The van der Waals surface area contributed by atoms with Gasteiger partial charge in [-0.3, -0.25) is 0 Å². The molecular weight excluding hydrogens is 260 g/mol. The molecule has 2 heteroatoms. The zero-order valence-corrected chi connectivity index (χ0v) is 11.4. The van der Waals surface area contributed by atoms with Gasteiger partial charge >= 0.3 is 5.97 Å². The third kappa shape index (κ3) is 2.43. The number of carboxylic acids is 1. The van der Waals surface area contributed by atoms with E-state index in [4.69, 9.17) is 0 Å². The summed E-state index contributed by atoms with van der Waals surface area (Å²) in [5.41, 5.74) is 2.58. The first-order chi connectivity index (χ1) is 10.2. The maximum absolute atomic E-state index is 11.3. The van der Waals surface area contributed by atoms with E-state index in [-0.39, 0.29) is 5.56 Å². The van der Waals surface area contributed by atoms with E-state index in [1.165, 1.54) is 0 Å². The van der Waals surface area contributed by atoms with Crippen molar-refractivity contribution in [1.29, 1.82) is 0 Å². The van der Waals surface area contributed by atoms with Crippen molar-refractivity contribution in [1.82, 2.24) is 0 Å². The highest BCUT2D eigenvalue weighted by atomic mass is 16.4. The Labute approximate surface area is 123 Å². The first kappa shape index (κ1) is 13.1. The summed E-state index contributed by atoms with van der Waals surface area (Å²) in [5.74, 6) is -0.937. The summed E-state index contributed by atoms with van der Waals surface area (Å²) in [6, 6.07) is 21.1. The lowest BCUT2D eigenvalue weighted by Crippen LogP contribution is -2.01. The molecule has 2 nitrogen and oxygen atoms in total. The number of carboxylic acid groups (broad SMARTS) is 1. The molecular formula is C19H14O2. The summed E-state index contributed by atoms with van der Waals surface area (Å²) in [5, 5.41) is 11.6. The molecule has 1 N–H and O–H groups in total. The lowest BCUT2D eigenvalue weighted by molar-refractivity contribution is 0.0696. The van der Waals surface area contributed by atoms with Crippen molar-refractivity contribution in [3.05, 3.63) is 90.0 Å². The molecule has 0 atom stereocenters. The van der Waals surface area contributed by atoms with E-state index in [0.717, 1.165) is 21.9 Å². The summed E-state index contributed by atoms with van der Waals surface area (Å²) in [7, 11) is 0. The van der Waals surface area contributed by atoms with Crippen molar-refractivity contribution >= 4 is 22.3 Å². The van der Waals surface area contributed by atoms with Crippen LogP contribution in [0.4, 0.5) is 0 Å². The fourth-order valence-electron chi connectivity index (χ4n) is 2.47. The zero-order valence-electron chi connectivity index (χ0n) is 11.4. The first-order valence-electron chi connectivity index (χ1n) is 6.67. The van der Waals surface area contributed by atoms with Crippen molar-refractivity contribution in [2.24, 2.45) is 0 Å². The lowest BCUT2D eigenvalue weighted by atomic mass is 9.94. The SMILES string of the molecule is C=C(c1ccc2ccccc2c1)c1ccccc1C(=O)O. The van der Waals surface area contributed by atoms with Crippen LogP contribution in [0.25, 0.3) is 16.3 Å². The number of hydrogen-bond acceptors (Lipinski definition) is 1. The van der Waals surface area contributed by atoms with Crippen LogP contribution < -0.4 is 0 Å². The standard InChI is InChI=1S/C19H14O2/c1-13(17-8-4-5-9-18(17)19(20)21)15-11-10-14-6-2-3-7-16(14)12-15/h2-12H,1H2,(H,20,21). The molecule has 102 valence electrons. The number of hydrogen-bond donors (Lipinski definition) is 1. The Morgan fingerprint density at radius 1 is 0.810 bits per heavy atom. The second-order valence-electron chi connectivity index (χ2n) is 4.89. The van der Waals surface area contributed by atoms with Crippen molar-refractivity contribution in [2.75, 3.05) is 0 Å². The van der Waals surface area contributed by atoms with E-state index in [2.05, 4.69) is 6.58 Å². The van der Waals surface area contributed by atoms with Crippen LogP contribution in [0.2, 0.25) is 0 Å². The summed E-state index contributed by atoms with van der Waals surface area (Å²) in [6.45, 7) is 4.08. The Bertz CT molecular complexity index is 847. The number of carbonyl (C=O) groups is 1. The fraction of sp³-hybridized carbons (Fsp3) is 0. The van der Waals surface area contributed by atoms with Crippen molar-refractivity contribution in [2.45, 2.75) is 0 Å². The second kappa shape index (κ2) is 5.25. The quantitative estimate of drug-likeness (QED) is 0.758. The van der Waals surface area contributed by atoms with Crippen LogP contribution in [-0.4, -0.2) is 11.1 Å². The summed E-state index contributed by atoms with van der Waals surface area (Å²) in [6.07, 6.45) is 0. The van der Waals surface area contributed by atoms with Gasteiger partial charge in [0.15, 0.2) is 0 Å². The number of fused-ring (bicyclic) bond motifs is 1. The van der Waals surface area contributed by atoms with Crippen LogP contribution in [0.1, 0.15) is 21.5 Å². The van der Waals surface area contributed by atoms with Crippen LogP contribution in [0.5, 0.6) is 0 Å². The zero-order chi connectivity index (χ0) is 14.8. The molecule has 0 spiro atoms. The van der Waals surface area contributed by atoms with Gasteiger partial charge < -0.3 is 5.11 Å². The summed E-state index contributed by atoms with van der Waals surface area (Å²) >= 11 is 0. The monoisotopic (exact) mass is 274 g/mol. The molecule has 21 heavy (non-hydrogen) atoms. The van der Waals surface area contributed by atoms with Gasteiger partial charge in [0.1, 0.15) is 0 Å². The highest BCUT2D eigenvalue weighted by molar-refractivity contribution is 5.97. The van der Waals surface area contributed by atoms with Gasteiger partial charge in [0.05, 0.1) is 5.56 Å². The van der Waals surface area contributed by atoms with Crippen LogP contribution in [0.3, 0.4) is 0 Å². The molecule has 0 aliphatic carbocycles. The Balaban J connectivity index is 2.10. The summed E-state index contributed by atoms with van der Waals surface area (Å²) in [4.78, 5) is 11.3. The van der Waals surface area contributed by atoms with Crippen molar-refractivity contribution in [3.8, 4) is 0 Å². The van der Waals surface area contributed by atoms with Gasteiger partial charge in [-0.15, -0.1) is 0 Å². The molecule has 0 amide bonds. The third-order valence-corrected chi connectivity index (χ3v) is 3.58. The highest BCUT2D eigenvalue weighted by Crippen LogP contribution is 2.27. The molecule has 3 rings (SSSR count). The molecule has 0 saturated heterocycles. The Morgan fingerprint density at radius 3 is 2.14 bits per heavy atom. The highest BCUT2D eigenvalue weighted by Gasteiger charge is 2.12. The average Bonchev–Trinajstić information content (AvgIpc) is 2.53. The predicted octanol–water partition coefficient (Wildman–Crippen LogP) is 4.60. The molecule has 3 aromatic carbocycles. The molecule has 0 radical (unpaired) electrons. The molecule has 0 saturated carbocycles. The topological polar surface area (TPSA) is 37.3 Å². The van der Waals surface area contributed by atoms with Gasteiger partial charge in [-0.05, 0) is 39.6 Å². The predicted molar refractivity (Wildman–Crippen MR) is 85.5 cm³/mol. The minimum Gasteiger partial charge on any atom is -0.478 e. The molecule has 0 fully saturated rings. The van der Waals surface area contributed by atoms with Crippen molar-refractivity contribution in [3.63, 3.8) is 0 Å². The molecule has 3 aromatic rings. The maximum atomic E-state index is 11.3. The minimum atomic E-state index is -0.937. The van der Waals surface area contributed by atoms with Crippen molar-refractivity contribution < 1.29 is 9.90 Å². The second-order valence-corrected chi connectivity index (χ2v) is 4.89. The van der Waals surface area contributed by atoms with Crippen LogP contribution in [0.15, 0.2) is 73.3 Å². The lowest BCUT2D eigenvalue weighted by Gasteiger charge is -2.10. The Hall–Kier alpha value is -2.87. The first-order valence-corrected chi connectivity index (χ1v) is 6.67. The number of aromatic carboxylic acids is 1. The van der Waals surface area contributed by atoms with E-state index in [9.17, 15) is 9.90 Å². The molecule has 0 unspecified atom stereocenters. The largest absolute Gasteiger partial charge is 0.478 e. The van der Waals surface area contributed by atoms with Gasteiger partial charge in [-0.2, -0.15) is 0 Å². The number of rotatable bonds is 3. The Morgan fingerprint density at radius 2 is 1.43 bits per heavy atom. The maximum Gasteiger partial charge on any atom is 0.336 e. The third-order valence-electron chi connectivity index (χ3n) is 3.58. The van der Waals surface area contributed by atoms with E-state index < -0.39 is 5.97 Å². The Kier molecular flexibility index (Phi) is 3.28. The van der Waals surface area contributed by atoms with Crippen LogP contribution in [-0.2, 0) is 0 Å². The number of benzene rings is 3. The van der Waals surface area contributed by atoms with Gasteiger partial charge in [0.25, 0.3) is 0 Å². The fourth-order valence-corrected chi connectivity index (χ4v) is 2.47. The minimum absolute atomic E-state index is 0.274. The molecule has 0 bridgehead atoms. The van der Waals surface area contributed by atoms with Crippen LogP contribution >= 0.6 is 0 Å². The van der Waals surface area contributed by atoms with E-state index in [1.807, 2.05) is 48.5 Å². The van der Waals surface area contributed by atoms with Gasteiger partial charge in [0.2, 0.25) is 0 Å². The van der Waals surface area contributed by atoms with Gasteiger partial charge in [-0.25, -0.2) is 4.79 Å². The normalized spacial score (nSPS) is 10.5. The van der Waals surface area contributed by atoms with E-state index in [1.54, 1.807) is 18.2 Å². The molecule has 0 aromatic heterocycles. The molecule has 0 aliphatic rings. The summed E-state index contributed by atoms with van der Waals surface area (Å²) < 4.78 is 0. The van der Waals surface area contributed by atoms with E-state index in [0.29, 0.717) is 5.56 Å². The van der Waals surface area contributed by atoms with Crippen LogP contribution in [0, 0.1) is 0 Å². The van der Waals surface area contributed by atoms with E-state index >= 15 is 0 Å².